The van der Waals surface area contributed by atoms with Crippen molar-refractivity contribution < 1.29 is 4.74 Å². The fourth-order valence-electron chi connectivity index (χ4n) is 3.00. The number of nitrogens with zero attached hydrogens (tertiary/aromatic N) is 1. The van der Waals surface area contributed by atoms with Crippen molar-refractivity contribution in [1.82, 2.24) is 4.98 Å². The van der Waals surface area contributed by atoms with Crippen LogP contribution in [0.25, 0.3) is 0 Å². The van der Waals surface area contributed by atoms with Gasteiger partial charge in [-0.2, -0.15) is 0 Å². The highest BCUT2D eigenvalue weighted by Crippen LogP contribution is 2.40. The molecule has 1 aromatic rings. The molecule has 1 aliphatic rings. The van der Waals surface area contributed by atoms with Crippen LogP contribution >= 0.6 is 0 Å². The number of pyridine rings is 1. The molecule has 0 spiro atoms. The molecule has 3 heteroatoms. The third-order valence-corrected chi connectivity index (χ3v) is 4.26. The minimum absolute atomic E-state index is 0.212. The molecule has 0 saturated heterocycles. The standard InChI is InChI=1S/C15H24N2O/c1-10(2)11-6-7-13(16)12(9-11)15-14(18-3)5-4-8-17-15/h4-5,8,10-13H,6-7,9,16H2,1-3H3. The van der Waals surface area contributed by atoms with Crippen LogP contribution < -0.4 is 10.5 Å². The molecule has 1 aromatic heterocycles. The molecule has 100 valence electrons. The number of hydrogen-bond donors (Lipinski definition) is 1. The van der Waals surface area contributed by atoms with Gasteiger partial charge in [0.2, 0.25) is 0 Å². The zero-order valence-corrected chi connectivity index (χ0v) is 11.6. The Bertz CT molecular complexity index is 392. The SMILES string of the molecule is COc1cccnc1C1CC(C(C)C)CCC1N. The highest BCUT2D eigenvalue weighted by atomic mass is 16.5. The molecule has 0 bridgehead atoms. The Labute approximate surface area is 110 Å². The molecule has 0 radical (unpaired) electrons. The van der Waals surface area contributed by atoms with Gasteiger partial charge in [0.25, 0.3) is 0 Å². The van der Waals surface area contributed by atoms with Crippen LogP contribution in [-0.4, -0.2) is 18.1 Å². The van der Waals surface area contributed by atoms with Crippen molar-refractivity contribution in [2.45, 2.75) is 45.1 Å². The quantitative estimate of drug-likeness (QED) is 0.894. The maximum atomic E-state index is 6.30. The van der Waals surface area contributed by atoms with Crippen molar-refractivity contribution in [3.8, 4) is 5.75 Å². The molecular formula is C15H24N2O. The molecule has 3 atom stereocenters. The molecule has 1 saturated carbocycles. The van der Waals surface area contributed by atoms with Crippen LogP contribution in [0, 0.1) is 11.8 Å². The molecule has 1 aliphatic carbocycles. The topological polar surface area (TPSA) is 48.1 Å². The number of aromatic nitrogens is 1. The van der Waals surface area contributed by atoms with Crippen LogP contribution in [0.1, 0.15) is 44.7 Å². The summed E-state index contributed by atoms with van der Waals surface area (Å²) in [5.41, 5.74) is 7.34. The van der Waals surface area contributed by atoms with E-state index in [0.717, 1.165) is 36.1 Å². The number of nitrogens with two attached hydrogens (primary N) is 1. The average Bonchev–Trinajstić information content (AvgIpc) is 2.39. The van der Waals surface area contributed by atoms with Gasteiger partial charge in [0.15, 0.2) is 0 Å². The van der Waals surface area contributed by atoms with Crippen LogP contribution in [0.2, 0.25) is 0 Å². The Hall–Kier alpha value is -1.09. The van der Waals surface area contributed by atoms with Gasteiger partial charge >= 0.3 is 0 Å². The van der Waals surface area contributed by atoms with E-state index >= 15 is 0 Å². The van der Waals surface area contributed by atoms with Gasteiger partial charge in [0.05, 0.1) is 12.8 Å². The lowest BCUT2D eigenvalue weighted by Crippen LogP contribution is -2.36. The average molecular weight is 248 g/mol. The van der Waals surface area contributed by atoms with Gasteiger partial charge in [-0.3, -0.25) is 4.98 Å². The minimum Gasteiger partial charge on any atom is -0.495 e. The summed E-state index contributed by atoms with van der Waals surface area (Å²) >= 11 is 0. The fraction of sp³-hybridized carbons (Fsp3) is 0.667. The zero-order valence-electron chi connectivity index (χ0n) is 11.6. The van der Waals surface area contributed by atoms with Gasteiger partial charge in [0.1, 0.15) is 5.75 Å². The number of ether oxygens (including phenoxy) is 1. The lowest BCUT2D eigenvalue weighted by Gasteiger charge is -2.36. The summed E-state index contributed by atoms with van der Waals surface area (Å²) in [7, 11) is 1.70. The van der Waals surface area contributed by atoms with Crippen LogP contribution in [0.5, 0.6) is 5.75 Å². The predicted octanol–water partition coefficient (Wildman–Crippen LogP) is 2.96. The predicted molar refractivity (Wildman–Crippen MR) is 73.7 cm³/mol. The zero-order chi connectivity index (χ0) is 13.1. The highest BCUT2D eigenvalue weighted by molar-refractivity contribution is 5.31. The fourth-order valence-corrected chi connectivity index (χ4v) is 3.00. The summed E-state index contributed by atoms with van der Waals surface area (Å²) in [6.45, 7) is 4.60. The van der Waals surface area contributed by atoms with Crippen LogP contribution in [-0.2, 0) is 0 Å². The van der Waals surface area contributed by atoms with E-state index in [1.54, 1.807) is 7.11 Å². The first-order valence-electron chi connectivity index (χ1n) is 6.88. The van der Waals surface area contributed by atoms with E-state index in [-0.39, 0.29) is 6.04 Å². The van der Waals surface area contributed by atoms with Crippen molar-refractivity contribution in [2.24, 2.45) is 17.6 Å². The first-order chi connectivity index (χ1) is 8.63. The lowest BCUT2D eigenvalue weighted by atomic mass is 9.72. The Balaban J connectivity index is 2.24. The molecule has 2 N–H and O–H groups in total. The van der Waals surface area contributed by atoms with Crippen LogP contribution in [0.4, 0.5) is 0 Å². The van der Waals surface area contributed by atoms with E-state index in [9.17, 15) is 0 Å². The van der Waals surface area contributed by atoms with E-state index in [1.807, 2.05) is 18.3 Å². The monoisotopic (exact) mass is 248 g/mol. The molecule has 1 heterocycles. The molecule has 1 fully saturated rings. The minimum atomic E-state index is 0.212. The maximum absolute atomic E-state index is 6.30. The number of hydrogen-bond acceptors (Lipinski definition) is 3. The van der Waals surface area contributed by atoms with Gasteiger partial charge in [-0.15, -0.1) is 0 Å². The molecule has 3 nitrogen and oxygen atoms in total. The molecule has 3 unspecified atom stereocenters. The second kappa shape index (κ2) is 5.70. The molecule has 0 aromatic carbocycles. The van der Waals surface area contributed by atoms with Gasteiger partial charge in [-0.1, -0.05) is 13.8 Å². The van der Waals surface area contributed by atoms with Crippen molar-refractivity contribution in [3.05, 3.63) is 24.0 Å². The van der Waals surface area contributed by atoms with Gasteiger partial charge in [0, 0.05) is 18.2 Å². The summed E-state index contributed by atoms with van der Waals surface area (Å²) in [6, 6.07) is 4.11. The highest BCUT2D eigenvalue weighted by Gasteiger charge is 2.33. The molecule has 0 aliphatic heterocycles. The first-order valence-corrected chi connectivity index (χ1v) is 6.88. The van der Waals surface area contributed by atoms with Crippen LogP contribution in [0.3, 0.4) is 0 Å². The largest absolute Gasteiger partial charge is 0.495 e. The Morgan fingerprint density at radius 3 is 2.83 bits per heavy atom. The molecule has 0 amide bonds. The Morgan fingerprint density at radius 2 is 2.17 bits per heavy atom. The summed E-state index contributed by atoms with van der Waals surface area (Å²) in [5, 5.41) is 0. The summed E-state index contributed by atoms with van der Waals surface area (Å²) < 4.78 is 5.42. The van der Waals surface area contributed by atoms with Crippen molar-refractivity contribution in [3.63, 3.8) is 0 Å². The van der Waals surface area contributed by atoms with Crippen molar-refractivity contribution in [2.75, 3.05) is 7.11 Å². The van der Waals surface area contributed by atoms with E-state index in [4.69, 9.17) is 10.5 Å². The third-order valence-electron chi connectivity index (χ3n) is 4.26. The summed E-state index contributed by atoms with van der Waals surface area (Å²) in [5.74, 6) is 2.68. The lowest BCUT2D eigenvalue weighted by molar-refractivity contribution is 0.227. The normalized spacial score (nSPS) is 28.4. The van der Waals surface area contributed by atoms with Gasteiger partial charge in [-0.05, 0) is 43.2 Å². The Kier molecular flexibility index (Phi) is 4.23. The third kappa shape index (κ3) is 2.66. The number of methoxy groups -OCH3 is 1. The van der Waals surface area contributed by atoms with Crippen molar-refractivity contribution in [1.29, 1.82) is 0 Å². The van der Waals surface area contributed by atoms with E-state index in [1.165, 1.54) is 6.42 Å². The molecule has 2 rings (SSSR count). The van der Waals surface area contributed by atoms with E-state index in [2.05, 4.69) is 18.8 Å². The van der Waals surface area contributed by atoms with E-state index < -0.39 is 0 Å². The molecule has 18 heavy (non-hydrogen) atoms. The van der Waals surface area contributed by atoms with Gasteiger partial charge in [-0.25, -0.2) is 0 Å². The number of rotatable bonds is 3. The second-order valence-corrected chi connectivity index (χ2v) is 5.68. The smallest absolute Gasteiger partial charge is 0.140 e. The maximum Gasteiger partial charge on any atom is 0.140 e. The molecular weight excluding hydrogens is 224 g/mol. The summed E-state index contributed by atoms with van der Waals surface area (Å²) in [4.78, 5) is 4.51. The summed E-state index contributed by atoms with van der Waals surface area (Å²) in [6.07, 6.45) is 5.30. The second-order valence-electron chi connectivity index (χ2n) is 5.68. The van der Waals surface area contributed by atoms with Crippen molar-refractivity contribution >= 4 is 0 Å². The van der Waals surface area contributed by atoms with Gasteiger partial charge < -0.3 is 10.5 Å². The first kappa shape index (κ1) is 13.3. The van der Waals surface area contributed by atoms with E-state index in [0.29, 0.717) is 5.92 Å². The van der Waals surface area contributed by atoms with Crippen LogP contribution in [0.15, 0.2) is 18.3 Å². The Morgan fingerprint density at radius 1 is 1.39 bits per heavy atom.